The molecule has 1 aliphatic heterocycles. The summed E-state index contributed by atoms with van der Waals surface area (Å²) in [6.07, 6.45) is 19.2. The molecule has 3 fully saturated rings. The van der Waals surface area contributed by atoms with Gasteiger partial charge in [-0.25, -0.2) is 0 Å². The first-order valence-corrected chi connectivity index (χ1v) is 13.2. The fourth-order valence-corrected chi connectivity index (χ4v) is 8.40. The lowest BCUT2D eigenvalue weighted by atomic mass is 9.47. The molecular formula is C29H38N2O2. The van der Waals surface area contributed by atoms with Crippen molar-refractivity contribution in [2.24, 2.45) is 28.6 Å². The number of carbonyl (C=O) groups is 1. The Morgan fingerprint density at radius 2 is 1.97 bits per heavy atom. The van der Waals surface area contributed by atoms with Gasteiger partial charge in [-0.3, -0.25) is 9.78 Å². The molecule has 0 radical (unpaired) electrons. The van der Waals surface area contributed by atoms with Gasteiger partial charge in [0.1, 0.15) is 12.1 Å². The maximum absolute atomic E-state index is 12.6. The van der Waals surface area contributed by atoms with E-state index in [0.717, 1.165) is 56.4 Å². The first kappa shape index (κ1) is 21.6. The van der Waals surface area contributed by atoms with Crippen molar-refractivity contribution in [3.8, 4) is 0 Å². The second kappa shape index (κ2) is 8.08. The fourth-order valence-electron chi connectivity index (χ4n) is 8.40. The van der Waals surface area contributed by atoms with Crippen molar-refractivity contribution in [3.05, 3.63) is 47.8 Å². The topological polar surface area (TPSA) is 51.2 Å². The summed E-state index contributed by atoms with van der Waals surface area (Å²) in [6.45, 7) is 5.99. The van der Waals surface area contributed by atoms with Gasteiger partial charge in [-0.2, -0.15) is 0 Å². The monoisotopic (exact) mass is 446 g/mol. The number of aromatic nitrogens is 1. The van der Waals surface area contributed by atoms with Gasteiger partial charge in [0.25, 0.3) is 0 Å². The summed E-state index contributed by atoms with van der Waals surface area (Å²) in [5, 5.41) is 3.29. The van der Waals surface area contributed by atoms with Gasteiger partial charge in [0, 0.05) is 18.8 Å². The van der Waals surface area contributed by atoms with Crippen LogP contribution >= 0.6 is 0 Å². The Morgan fingerprint density at radius 3 is 2.76 bits per heavy atom. The number of carbonyl (C=O) groups excluding carboxylic acids is 1. The Balaban J connectivity index is 1.19. The van der Waals surface area contributed by atoms with E-state index in [2.05, 4.69) is 54.6 Å². The predicted molar refractivity (Wildman–Crippen MR) is 130 cm³/mol. The molecule has 1 aromatic heterocycles. The van der Waals surface area contributed by atoms with Crippen LogP contribution in [0.2, 0.25) is 0 Å². The summed E-state index contributed by atoms with van der Waals surface area (Å²) in [7, 11) is 0. The Kier molecular flexibility index (Phi) is 5.28. The van der Waals surface area contributed by atoms with Crippen LogP contribution in [0.15, 0.2) is 42.3 Å². The summed E-state index contributed by atoms with van der Waals surface area (Å²) in [6, 6.07) is 4.23. The SMILES string of the molecule is CC12CCC(OC(=O)C3CCCN3)CC1=CCC1C2CCC2(C)C(c3cccnc3)=CCC12. The molecule has 1 N–H and O–H groups in total. The number of hydrogen-bond acceptors (Lipinski definition) is 4. The smallest absolute Gasteiger partial charge is 0.323 e. The molecule has 4 heteroatoms. The van der Waals surface area contributed by atoms with E-state index in [4.69, 9.17) is 4.74 Å². The van der Waals surface area contributed by atoms with Crippen LogP contribution < -0.4 is 5.32 Å². The normalized spacial score (nSPS) is 41.9. The molecule has 4 aliphatic carbocycles. The van der Waals surface area contributed by atoms with Crippen molar-refractivity contribution in [1.82, 2.24) is 10.3 Å². The van der Waals surface area contributed by atoms with Crippen molar-refractivity contribution in [3.63, 3.8) is 0 Å². The van der Waals surface area contributed by atoms with E-state index >= 15 is 0 Å². The Morgan fingerprint density at radius 1 is 1.09 bits per heavy atom. The average Bonchev–Trinajstić information content (AvgIpc) is 3.48. The van der Waals surface area contributed by atoms with Crippen molar-refractivity contribution >= 4 is 11.5 Å². The molecule has 0 aromatic carbocycles. The highest BCUT2D eigenvalue weighted by atomic mass is 16.5. The van der Waals surface area contributed by atoms with Gasteiger partial charge in [0.2, 0.25) is 0 Å². The number of nitrogens with zero attached hydrogens (tertiary/aromatic N) is 1. The van der Waals surface area contributed by atoms with Crippen LogP contribution in [0.1, 0.15) is 77.2 Å². The molecule has 2 saturated carbocycles. The maximum Gasteiger partial charge on any atom is 0.323 e. The average molecular weight is 447 g/mol. The van der Waals surface area contributed by atoms with E-state index in [1.165, 1.54) is 36.8 Å². The molecule has 6 rings (SSSR count). The molecule has 1 aromatic rings. The van der Waals surface area contributed by atoms with Crippen molar-refractivity contribution in [2.75, 3.05) is 6.54 Å². The largest absolute Gasteiger partial charge is 0.461 e. The van der Waals surface area contributed by atoms with Crippen LogP contribution in [0, 0.1) is 28.6 Å². The molecule has 1 saturated heterocycles. The molecule has 7 unspecified atom stereocenters. The molecule has 0 amide bonds. The van der Waals surface area contributed by atoms with Crippen molar-refractivity contribution < 1.29 is 9.53 Å². The second-order valence-corrected chi connectivity index (χ2v) is 11.8. The van der Waals surface area contributed by atoms with Gasteiger partial charge >= 0.3 is 5.97 Å². The standard InChI is InChI=1S/C29H38N2O2/c1-28-13-11-21(33-27(32)26-6-4-16-31-26)17-20(28)7-8-22-24-10-9-23(19-5-3-15-30-18-19)29(24,2)14-12-25(22)28/h3,5,7,9,15,18,21-22,24-26,31H,4,6,8,10-14,16-17H2,1-2H3. The quantitative estimate of drug-likeness (QED) is 0.478. The molecule has 4 nitrogen and oxygen atoms in total. The van der Waals surface area contributed by atoms with Crippen LogP contribution in [0.25, 0.3) is 5.57 Å². The van der Waals surface area contributed by atoms with Crippen molar-refractivity contribution in [2.45, 2.75) is 83.8 Å². The number of fused-ring (bicyclic) bond motifs is 5. The molecule has 5 aliphatic rings. The Bertz CT molecular complexity index is 979. The zero-order valence-electron chi connectivity index (χ0n) is 20.2. The summed E-state index contributed by atoms with van der Waals surface area (Å²) in [5.74, 6) is 2.21. The lowest BCUT2D eigenvalue weighted by Crippen LogP contribution is -2.50. The first-order valence-electron chi connectivity index (χ1n) is 13.2. The van der Waals surface area contributed by atoms with Crippen LogP contribution in [-0.2, 0) is 9.53 Å². The van der Waals surface area contributed by atoms with Gasteiger partial charge < -0.3 is 10.1 Å². The molecule has 7 atom stereocenters. The highest BCUT2D eigenvalue weighted by Crippen LogP contribution is 2.66. The minimum atomic E-state index is -0.0806. The van der Waals surface area contributed by atoms with Crippen molar-refractivity contribution in [1.29, 1.82) is 0 Å². The number of esters is 1. The Hall–Kier alpha value is -1.94. The number of ether oxygens (including phenoxy) is 1. The van der Waals surface area contributed by atoms with E-state index < -0.39 is 0 Å². The van der Waals surface area contributed by atoms with Crippen LogP contribution in [0.5, 0.6) is 0 Å². The fraction of sp³-hybridized carbons (Fsp3) is 0.655. The second-order valence-electron chi connectivity index (χ2n) is 11.8. The zero-order chi connectivity index (χ0) is 22.6. The number of allylic oxidation sites excluding steroid dienone is 3. The van der Waals surface area contributed by atoms with Gasteiger partial charge in [0.05, 0.1) is 0 Å². The number of nitrogens with one attached hydrogen (secondary N) is 1. The van der Waals surface area contributed by atoms with Crippen LogP contribution in [0.4, 0.5) is 0 Å². The van der Waals surface area contributed by atoms with Crippen LogP contribution in [0.3, 0.4) is 0 Å². The number of hydrogen-bond donors (Lipinski definition) is 1. The van der Waals surface area contributed by atoms with E-state index in [1.807, 2.05) is 6.20 Å². The summed E-state index contributed by atoms with van der Waals surface area (Å²) in [4.78, 5) is 17.0. The zero-order valence-corrected chi connectivity index (χ0v) is 20.2. The minimum absolute atomic E-state index is 0.0243. The van der Waals surface area contributed by atoms with Crippen LogP contribution in [-0.4, -0.2) is 29.6 Å². The summed E-state index contributed by atoms with van der Waals surface area (Å²) >= 11 is 0. The molecule has 176 valence electrons. The minimum Gasteiger partial charge on any atom is -0.461 e. The summed E-state index contributed by atoms with van der Waals surface area (Å²) < 4.78 is 6.00. The maximum atomic E-state index is 12.6. The molecule has 2 heterocycles. The van der Waals surface area contributed by atoms with E-state index in [0.29, 0.717) is 0 Å². The van der Waals surface area contributed by atoms with Gasteiger partial charge in [-0.1, -0.05) is 37.6 Å². The number of rotatable bonds is 3. The summed E-state index contributed by atoms with van der Waals surface area (Å²) in [5.41, 5.74) is 4.98. The lowest BCUT2D eigenvalue weighted by molar-refractivity contribution is -0.153. The molecular weight excluding hydrogens is 408 g/mol. The Labute approximate surface area is 198 Å². The van der Waals surface area contributed by atoms with E-state index in [-0.39, 0.29) is 28.9 Å². The lowest BCUT2D eigenvalue weighted by Gasteiger charge is -2.57. The first-order chi connectivity index (χ1) is 16.0. The predicted octanol–water partition coefficient (Wildman–Crippen LogP) is 5.70. The highest BCUT2D eigenvalue weighted by molar-refractivity contribution is 5.76. The highest BCUT2D eigenvalue weighted by Gasteiger charge is 2.57. The van der Waals surface area contributed by atoms with E-state index in [9.17, 15) is 4.79 Å². The number of pyridine rings is 1. The third-order valence-corrected chi connectivity index (χ3v) is 10.2. The third kappa shape index (κ3) is 3.43. The molecule has 0 bridgehead atoms. The van der Waals surface area contributed by atoms with Gasteiger partial charge in [-0.15, -0.1) is 0 Å². The third-order valence-electron chi connectivity index (χ3n) is 10.2. The van der Waals surface area contributed by atoms with Gasteiger partial charge in [0.15, 0.2) is 0 Å². The molecule has 0 spiro atoms. The van der Waals surface area contributed by atoms with Gasteiger partial charge in [-0.05, 0) is 104 Å². The molecule has 33 heavy (non-hydrogen) atoms. The van der Waals surface area contributed by atoms with E-state index in [1.54, 1.807) is 5.57 Å².